The van der Waals surface area contributed by atoms with Gasteiger partial charge in [0.1, 0.15) is 0 Å². The predicted octanol–water partition coefficient (Wildman–Crippen LogP) is 1.77. The van der Waals surface area contributed by atoms with E-state index >= 15 is 0 Å². The molecule has 0 unspecified atom stereocenters. The molecule has 0 bridgehead atoms. The van der Waals surface area contributed by atoms with Gasteiger partial charge in [0.05, 0.1) is 17.5 Å². The molecule has 1 aromatic heterocycles. The highest BCUT2D eigenvalue weighted by atomic mass is 16.3. The average Bonchev–Trinajstić information content (AvgIpc) is 2.91. The highest BCUT2D eigenvalue weighted by Gasteiger charge is 2.29. The van der Waals surface area contributed by atoms with Gasteiger partial charge in [0.15, 0.2) is 0 Å². The Hall–Kier alpha value is -1.76. The van der Waals surface area contributed by atoms with E-state index in [1.54, 1.807) is 4.68 Å². The highest BCUT2D eigenvalue weighted by molar-refractivity contribution is 5.74. The Kier molecular flexibility index (Phi) is 5.83. The maximum Gasteiger partial charge on any atom is 0.315 e. The maximum atomic E-state index is 12.3. The second-order valence-corrected chi connectivity index (χ2v) is 7.62. The minimum atomic E-state index is -0.734. The van der Waals surface area contributed by atoms with E-state index < -0.39 is 5.60 Å². The van der Waals surface area contributed by atoms with E-state index in [1.807, 2.05) is 19.4 Å². The number of nitrogens with zero attached hydrogens (tertiary/aromatic N) is 3. The first kappa shape index (κ1) is 18.0. The fourth-order valence-electron chi connectivity index (χ4n) is 3.95. The van der Waals surface area contributed by atoms with E-state index in [2.05, 4.69) is 20.6 Å². The van der Waals surface area contributed by atoms with E-state index in [0.29, 0.717) is 6.54 Å². The Morgan fingerprint density at radius 2 is 2.08 bits per heavy atom. The molecule has 3 N–H and O–H groups in total. The summed E-state index contributed by atoms with van der Waals surface area (Å²) in [5.74, 6) is 0. The van der Waals surface area contributed by atoms with Crippen molar-refractivity contribution in [3.8, 4) is 0 Å². The number of carbonyl (C=O) groups is 1. The van der Waals surface area contributed by atoms with Gasteiger partial charge in [0.25, 0.3) is 0 Å². The molecule has 2 heterocycles. The van der Waals surface area contributed by atoms with Crippen LogP contribution in [0.15, 0.2) is 12.4 Å². The second-order valence-electron chi connectivity index (χ2n) is 7.62. The molecule has 3 rings (SSSR count). The fourth-order valence-corrected chi connectivity index (χ4v) is 3.95. The largest absolute Gasteiger partial charge is 0.388 e. The molecule has 25 heavy (non-hydrogen) atoms. The van der Waals surface area contributed by atoms with Crippen LogP contribution in [-0.2, 0) is 7.05 Å². The Balaban J connectivity index is 1.45. The van der Waals surface area contributed by atoms with Gasteiger partial charge in [0.2, 0.25) is 0 Å². The molecule has 7 heteroatoms. The van der Waals surface area contributed by atoms with Crippen molar-refractivity contribution in [2.75, 3.05) is 24.5 Å². The summed E-state index contributed by atoms with van der Waals surface area (Å²) in [6.45, 7) is 2.13. The third-order valence-electron chi connectivity index (χ3n) is 5.43. The molecule has 1 saturated carbocycles. The number of anilines is 1. The maximum absolute atomic E-state index is 12.3. The zero-order valence-corrected chi connectivity index (χ0v) is 15.2. The van der Waals surface area contributed by atoms with Gasteiger partial charge in [-0.2, -0.15) is 5.10 Å². The van der Waals surface area contributed by atoms with Gasteiger partial charge in [-0.15, -0.1) is 0 Å². The molecule has 2 fully saturated rings. The number of aromatic nitrogens is 2. The number of aryl methyl sites for hydroxylation is 1. The topological polar surface area (TPSA) is 82.4 Å². The van der Waals surface area contributed by atoms with Crippen LogP contribution in [0, 0.1) is 0 Å². The molecule has 140 valence electrons. The summed E-state index contributed by atoms with van der Waals surface area (Å²) in [5.41, 5.74) is 0.365. The summed E-state index contributed by atoms with van der Waals surface area (Å²) in [5, 5.41) is 20.8. The molecule has 1 aliphatic carbocycles. The van der Waals surface area contributed by atoms with Gasteiger partial charge in [-0.05, 0) is 25.7 Å². The van der Waals surface area contributed by atoms with Gasteiger partial charge >= 0.3 is 6.03 Å². The molecule has 2 amide bonds. The molecule has 0 radical (unpaired) electrons. The van der Waals surface area contributed by atoms with Crippen molar-refractivity contribution in [3.05, 3.63) is 12.4 Å². The smallest absolute Gasteiger partial charge is 0.315 e. The third kappa shape index (κ3) is 5.11. The van der Waals surface area contributed by atoms with Crippen molar-refractivity contribution in [3.63, 3.8) is 0 Å². The Morgan fingerprint density at radius 3 is 2.76 bits per heavy atom. The minimum Gasteiger partial charge on any atom is -0.388 e. The number of amides is 2. The van der Waals surface area contributed by atoms with Crippen LogP contribution < -0.4 is 15.5 Å². The fraction of sp³-hybridized carbons (Fsp3) is 0.778. The first-order valence-electron chi connectivity index (χ1n) is 9.54. The molecule has 1 aromatic rings. The molecule has 0 spiro atoms. The van der Waals surface area contributed by atoms with Gasteiger partial charge in [-0.1, -0.05) is 25.7 Å². The summed E-state index contributed by atoms with van der Waals surface area (Å²) in [6.07, 6.45) is 11.9. The number of carbonyl (C=O) groups excluding carboxylic acids is 1. The summed E-state index contributed by atoms with van der Waals surface area (Å²) in [6, 6.07) is -0.0477. The van der Waals surface area contributed by atoms with E-state index in [4.69, 9.17) is 0 Å². The Labute approximate surface area is 149 Å². The average molecular weight is 349 g/mol. The number of hydrogen-bond donors (Lipinski definition) is 3. The van der Waals surface area contributed by atoms with E-state index in [0.717, 1.165) is 57.3 Å². The van der Waals surface area contributed by atoms with Crippen LogP contribution in [0.1, 0.15) is 51.4 Å². The van der Waals surface area contributed by atoms with Crippen molar-refractivity contribution in [1.29, 1.82) is 0 Å². The van der Waals surface area contributed by atoms with Crippen molar-refractivity contribution in [1.82, 2.24) is 20.4 Å². The lowest BCUT2D eigenvalue weighted by Crippen LogP contribution is -2.53. The minimum absolute atomic E-state index is 0.123. The van der Waals surface area contributed by atoms with Crippen LogP contribution in [0.5, 0.6) is 0 Å². The van der Waals surface area contributed by atoms with Crippen molar-refractivity contribution < 1.29 is 9.90 Å². The van der Waals surface area contributed by atoms with E-state index in [9.17, 15) is 9.90 Å². The summed E-state index contributed by atoms with van der Waals surface area (Å²) >= 11 is 0. The normalized spacial score (nSPS) is 23.8. The molecule has 7 nitrogen and oxygen atoms in total. The molecule has 1 aliphatic heterocycles. The second kappa shape index (κ2) is 8.08. The van der Waals surface area contributed by atoms with Gasteiger partial charge in [-0.25, -0.2) is 4.79 Å². The van der Waals surface area contributed by atoms with Crippen LogP contribution in [0.3, 0.4) is 0 Å². The summed E-state index contributed by atoms with van der Waals surface area (Å²) < 4.78 is 1.80. The van der Waals surface area contributed by atoms with Crippen LogP contribution in [0.2, 0.25) is 0 Å². The van der Waals surface area contributed by atoms with Crippen LogP contribution in [-0.4, -0.2) is 52.2 Å². The Bertz CT molecular complexity index is 566. The number of hydrogen-bond acceptors (Lipinski definition) is 4. The zero-order valence-electron chi connectivity index (χ0n) is 15.2. The van der Waals surface area contributed by atoms with Crippen molar-refractivity contribution in [2.24, 2.45) is 7.05 Å². The summed E-state index contributed by atoms with van der Waals surface area (Å²) in [7, 11) is 1.91. The number of rotatable bonds is 4. The molecule has 1 saturated heterocycles. The van der Waals surface area contributed by atoms with Crippen LogP contribution in [0.4, 0.5) is 10.5 Å². The standard InChI is InChI=1S/C18H31N5O2/c1-22-13-16(11-20-22)23-10-6-7-15(12-23)21-17(24)19-14-18(25)8-4-2-3-5-9-18/h11,13,15,25H,2-10,12,14H2,1H3,(H2,19,21,24)/t15-/m1/s1. The van der Waals surface area contributed by atoms with Crippen molar-refractivity contribution in [2.45, 2.75) is 63.0 Å². The quantitative estimate of drug-likeness (QED) is 0.724. The zero-order chi connectivity index (χ0) is 17.7. The molecule has 2 aliphatic rings. The molecule has 1 atom stereocenters. The SMILES string of the molecule is Cn1cc(N2CCC[C@@H](NC(=O)NCC3(O)CCCCCC3)C2)cn1. The van der Waals surface area contributed by atoms with Crippen LogP contribution >= 0.6 is 0 Å². The lowest BCUT2D eigenvalue weighted by Gasteiger charge is -2.34. The lowest BCUT2D eigenvalue weighted by molar-refractivity contribution is 0.0276. The monoisotopic (exact) mass is 349 g/mol. The third-order valence-corrected chi connectivity index (χ3v) is 5.43. The van der Waals surface area contributed by atoms with Gasteiger partial charge in [-0.3, -0.25) is 4.68 Å². The first-order valence-corrected chi connectivity index (χ1v) is 9.54. The van der Waals surface area contributed by atoms with Gasteiger partial charge < -0.3 is 20.6 Å². The van der Waals surface area contributed by atoms with Crippen molar-refractivity contribution >= 4 is 11.7 Å². The number of piperidine rings is 1. The first-order chi connectivity index (χ1) is 12.0. The molecular weight excluding hydrogens is 318 g/mol. The number of urea groups is 1. The molecular formula is C18H31N5O2. The predicted molar refractivity (Wildman–Crippen MR) is 97.6 cm³/mol. The lowest BCUT2D eigenvalue weighted by atomic mass is 9.94. The van der Waals surface area contributed by atoms with Crippen LogP contribution in [0.25, 0.3) is 0 Å². The molecule has 0 aromatic carbocycles. The Morgan fingerprint density at radius 1 is 1.32 bits per heavy atom. The summed E-state index contributed by atoms with van der Waals surface area (Å²) in [4.78, 5) is 14.5. The van der Waals surface area contributed by atoms with E-state index in [1.165, 1.54) is 12.8 Å². The number of aliphatic hydroxyl groups is 1. The highest BCUT2D eigenvalue weighted by Crippen LogP contribution is 2.26. The van der Waals surface area contributed by atoms with E-state index in [-0.39, 0.29) is 12.1 Å². The van der Waals surface area contributed by atoms with Gasteiger partial charge in [0, 0.05) is 38.9 Å². The number of nitrogens with one attached hydrogen (secondary N) is 2.